The van der Waals surface area contributed by atoms with Crippen LogP contribution in [0.2, 0.25) is 0 Å². The van der Waals surface area contributed by atoms with Crippen molar-refractivity contribution in [2.24, 2.45) is 0 Å². The van der Waals surface area contributed by atoms with Gasteiger partial charge in [0.25, 0.3) is 0 Å². The van der Waals surface area contributed by atoms with Gasteiger partial charge in [-0.1, -0.05) is 6.07 Å². The van der Waals surface area contributed by atoms with Crippen LogP contribution >= 0.6 is 0 Å². The molecule has 3 aromatic rings. The van der Waals surface area contributed by atoms with Crippen molar-refractivity contribution in [2.45, 2.75) is 6.61 Å². The molecule has 0 unspecified atom stereocenters. The molecular formula is C19H14FNO4. The molecule has 1 aliphatic rings. The van der Waals surface area contributed by atoms with Gasteiger partial charge in [0.05, 0.1) is 11.1 Å². The van der Waals surface area contributed by atoms with Gasteiger partial charge in [0.15, 0.2) is 11.5 Å². The zero-order valence-corrected chi connectivity index (χ0v) is 13.2. The average Bonchev–Trinajstić information content (AvgIpc) is 2.67. The number of hydrogen-bond acceptors (Lipinski definition) is 5. The maximum atomic E-state index is 13.8. The summed E-state index contributed by atoms with van der Waals surface area (Å²) in [5.74, 6) is 0.279. The first-order valence-corrected chi connectivity index (χ1v) is 7.81. The molecular weight excluding hydrogens is 325 g/mol. The number of pyridine rings is 1. The van der Waals surface area contributed by atoms with Crippen LogP contribution in [-0.4, -0.2) is 24.2 Å². The molecule has 0 atom stereocenters. The summed E-state index contributed by atoms with van der Waals surface area (Å²) in [5, 5.41) is 0.398. The van der Waals surface area contributed by atoms with Gasteiger partial charge in [0.2, 0.25) is 0 Å². The fourth-order valence-electron chi connectivity index (χ4n) is 2.71. The van der Waals surface area contributed by atoms with Crippen LogP contribution in [0, 0.1) is 5.82 Å². The fourth-order valence-corrected chi connectivity index (χ4v) is 2.71. The highest BCUT2D eigenvalue weighted by molar-refractivity contribution is 5.90. The van der Waals surface area contributed by atoms with E-state index in [0.717, 1.165) is 0 Å². The van der Waals surface area contributed by atoms with Crippen LogP contribution in [0.4, 0.5) is 4.39 Å². The van der Waals surface area contributed by atoms with Crippen LogP contribution < -0.4 is 9.47 Å². The van der Waals surface area contributed by atoms with Gasteiger partial charge in [-0.25, -0.2) is 9.18 Å². The van der Waals surface area contributed by atoms with E-state index >= 15 is 0 Å². The Labute approximate surface area is 143 Å². The lowest BCUT2D eigenvalue weighted by atomic mass is 10.1. The van der Waals surface area contributed by atoms with Crippen molar-refractivity contribution in [1.82, 2.24) is 4.98 Å². The Morgan fingerprint density at radius 3 is 2.84 bits per heavy atom. The van der Waals surface area contributed by atoms with E-state index in [1.54, 1.807) is 42.6 Å². The number of nitrogens with zero attached hydrogens (tertiary/aromatic N) is 1. The Kier molecular flexibility index (Phi) is 3.93. The number of ether oxygens (including phenoxy) is 3. The highest BCUT2D eigenvalue weighted by atomic mass is 19.1. The zero-order valence-electron chi connectivity index (χ0n) is 13.2. The predicted molar refractivity (Wildman–Crippen MR) is 88.3 cm³/mol. The third kappa shape index (κ3) is 2.98. The topological polar surface area (TPSA) is 57.7 Å². The molecule has 126 valence electrons. The first-order chi connectivity index (χ1) is 12.2. The molecule has 0 aliphatic carbocycles. The maximum Gasteiger partial charge on any atom is 0.338 e. The number of halogens is 1. The van der Waals surface area contributed by atoms with Crippen molar-refractivity contribution >= 4 is 16.9 Å². The Hall–Kier alpha value is -3.15. The maximum absolute atomic E-state index is 13.8. The van der Waals surface area contributed by atoms with Crippen LogP contribution in [0.25, 0.3) is 10.9 Å². The molecule has 0 saturated carbocycles. The van der Waals surface area contributed by atoms with Gasteiger partial charge in [-0.05, 0) is 36.4 Å². The number of benzene rings is 2. The minimum Gasteiger partial charge on any atom is -0.486 e. The highest BCUT2D eigenvalue weighted by Gasteiger charge is 2.16. The summed E-state index contributed by atoms with van der Waals surface area (Å²) in [6.45, 7) is 0.932. The third-order valence-electron chi connectivity index (χ3n) is 3.94. The van der Waals surface area contributed by atoms with Crippen molar-refractivity contribution in [1.29, 1.82) is 0 Å². The molecule has 2 aromatic carbocycles. The van der Waals surface area contributed by atoms with Crippen LogP contribution in [0.15, 0.2) is 48.7 Å². The summed E-state index contributed by atoms with van der Waals surface area (Å²) in [4.78, 5) is 16.5. The first-order valence-electron chi connectivity index (χ1n) is 7.81. The molecule has 2 heterocycles. The van der Waals surface area contributed by atoms with Gasteiger partial charge in [-0.2, -0.15) is 0 Å². The summed E-state index contributed by atoms with van der Waals surface area (Å²) in [6, 6.07) is 11.1. The molecule has 0 amide bonds. The Balaban J connectivity index is 1.54. The molecule has 0 fully saturated rings. The van der Waals surface area contributed by atoms with Crippen molar-refractivity contribution in [2.75, 3.05) is 13.2 Å². The van der Waals surface area contributed by atoms with Gasteiger partial charge >= 0.3 is 5.97 Å². The van der Waals surface area contributed by atoms with E-state index in [0.29, 0.717) is 46.7 Å². The van der Waals surface area contributed by atoms with Crippen molar-refractivity contribution < 1.29 is 23.4 Å². The second kappa shape index (κ2) is 6.39. The Bertz CT molecular complexity index is 957. The lowest BCUT2D eigenvalue weighted by Gasteiger charge is -2.18. The lowest BCUT2D eigenvalue weighted by molar-refractivity contribution is 0.0473. The van der Waals surface area contributed by atoms with E-state index < -0.39 is 5.97 Å². The fraction of sp³-hybridized carbons (Fsp3) is 0.158. The number of aromatic nitrogens is 1. The van der Waals surface area contributed by atoms with Crippen LogP contribution in [0.3, 0.4) is 0 Å². The van der Waals surface area contributed by atoms with Gasteiger partial charge in [-0.15, -0.1) is 0 Å². The molecule has 0 radical (unpaired) electrons. The Morgan fingerprint density at radius 1 is 1.12 bits per heavy atom. The van der Waals surface area contributed by atoms with Crippen LogP contribution in [0.1, 0.15) is 15.9 Å². The summed E-state index contributed by atoms with van der Waals surface area (Å²) in [5.41, 5.74) is 1.49. The lowest BCUT2D eigenvalue weighted by Crippen LogP contribution is -2.16. The molecule has 1 aliphatic heterocycles. The number of rotatable bonds is 3. The Morgan fingerprint density at radius 2 is 1.96 bits per heavy atom. The highest BCUT2D eigenvalue weighted by Crippen LogP contribution is 2.31. The van der Waals surface area contributed by atoms with E-state index in [1.807, 2.05) is 0 Å². The molecule has 1 aromatic heterocycles. The van der Waals surface area contributed by atoms with Gasteiger partial charge in [0.1, 0.15) is 25.6 Å². The number of esters is 1. The van der Waals surface area contributed by atoms with Crippen molar-refractivity contribution in [3.05, 3.63) is 65.6 Å². The van der Waals surface area contributed by atoms with Gasteiger partial charge < -0.3 is 14.2 Å². The summed E-state index contributed by atoms with van der Waals surface area (Å²) >= 11 is 0. The minimum absolute atomic E-state index is 0.00106. The first kappa shape index (κ1) is 15.4. The van der Waals surface area contributed by atoms with Gasteiger partial charge in [-0.3, -0.25) is 4.98 Å². The largest absolute Gasteiger partial charge is 0.486 e. The number of carbonyl (C=O) groups excluding carboxylic acids is 1. The van der Waals surface area contributed by atoms with Crippen LogP contribution in [-0.2, 0) is 11.3 Å². The molecule has 6 heteroatoms. The molecule has 4 rings (SSSR count). The number of hydrogen-bond donors (Lipinski definition) is 0. The van der Waals surface area contributed by atoms with E-state index in [2.05, 4.69) is 4.98 Å². The molecule has 25 heavy (non-hydrogen) atoms. The molecule has 0 N–H and O–H groups in total. The smallest absolute Gasteiger partial charge is 0.338 e. The second-order valence-electron chi connectivity index (χ2n) is 5.54. The minimum atomic E-state index is -0.495. The summed E-state index contributed by atoms with van der Waals surface area (Å²) in [6.07, 6.45) is 1.58. The second-order valence-corrected chi connectivity index (χ2v) is 5.54. The standard InChI is InChI=1S/C19H14FNO4/c20-15-5-3-13(18-14(15)2-1-7-21-18)11-25-19(22)12-4-6-16-17(10-12)24-9-8-23-16/h1-7,10H,8-9,11H2. The monoisotopic (exact) mass is 339 g/mol. The van der Waals surface area contributed by atoms with Gasteiger partial charge in [0, 0.05) is 17.1 Å². The normalized spacial score (nSPS) is 12.8. The van der Waals surface area contributed by atoms with E-state index in [-0.39, 0.29) is 12.4 Å². The molecule has 0 spiro atoms. The van der Waals surface area contributed by atoms with E-state index in [9.17, 15) is 9.18 Å². The average molecular weight is 339 g/mol. The quantitative estimate of drug-likeness (QED) is 0.684. The van der Waals surface area contributed by atoms with Crippen LogP contribution in [0.5, 0.6) is 11.5 Å². The number of fused-ring (bicyclic) bond motifs is 2. The third-order valence-corrected chi connectivity index (χ3v) is 3.94. The van der Waals surface area contributed by atoms with E-state index in [4.69, 9.17) is 14.2 Å². The van der Waals surface area contributed by atoms with Crippen molar-refractivity contribution in [3.8, 4) is 11.5 Å². The summed E-state index contributed by atoms with van der Waals surface area (Å²) < 4.78 is 30.1. The summed E-state index contributed by atoms with van der Waals surface area (Å²) in [7, 11) is 0. The van der Waals surface area contributed by atoms with Crippen molar-refractivity contribution in [3.63, 3.8) is 0 Å². The zero-order chi connectivity index (χ0) is 17.2. The SMILES string of the molecule is O=C(OCc1ccc(F)c2cccnc12)c1ccc2c(c1)OCCO2. The molecule has 5 nitrogen and oxygen atoms in total. The number of carbonyl (C=O) groups is 1. The van der Waals surface area contributed by atoms with E-state index in [1.165, 1.54) is 6.07 Å². The molecule has 0 bridgehead atoms. The molecule has 0 saturated heterocycles. The predicted octanol–water partition coefficient (Wildman–Crippen LogP) is 3.50.